The van der Waals surface area contributed by atoms with Gasteiger partial charge in [0.2, 0.25) is 5.91 Å². The summed E-state index contributed by atoms with van der Waals surface area (Å²) in [5.74, 6) is -2.23. The Labute approximate surface area is 155 Å². The average molecular weight is 372 g/mol. The van der Waals surface area contributed by atoms with E-state index in [9.17, 15) is 19.5 Å². The van der Waals surface area contributed by atoms with Gasteiger partial charge in [-0.05, 0) is 30.4 Å². The summed E-state index contributed by atoms with van der Waals surface area (Å²) in [7, 11) is 1.48. The van der Waals surface area contributed by atoms with Crippen molar-refractivity contribution in [3.63, 3.8) is 0 Å². The highest BCUT2D eigenvalue weighted by Crippen LogP contribution is 2.48. The Kier molecular flexibility index (Phi) is 4.25. The summed E-state index contributed by atoms with van der Waals surface area (Å²) in [6.07, 6.45) is 4.11. The molecule has 142 valence electrons. The fourth-order valence-electron chi connectivity index (χ4n) is 4.33. The van der Waals surface area contributed by atoms with E-state index >= 15 is 0 Å². The van der Waals surface area contributed by atoms with Crippen molar-refractivity contribution in [2.45, 2.75) is 6.42 Å². The van der Waals surface area contributed by atoms with Crippen LogP contribution < -0.4 is 15.0 Å². The Morgan fingerprint density at radius 3 is 2.63 bits per heavy atom. The third kappa shape index (κ3) is 2.90. The van der Waals surface area contributed by atoms with E-state index in [4.69, 9.17) is 9.47 Å². The number of hydrogen-bond donors (Lipinski definition) is 2. The minimum absolute atomic E-state index is 0.0448. The Bertz CT molecular complexity index is 835. The second kappa shape index (κ2) is 6.61. The number of amides is 2. The van der Waals surface area contributed by atoms with Crippen LogP contribution in [0.15, 0.2) is 30.4 Å². The van der Waals surface area contributed by atoms with E-state index in [0.717, 1.165) is 0 Å². The second-order valence-corrected chi connectivity index (χ2v) is 6.98. The average Bonchev–Trinajstić information content (AvgIpc) is 3.37. The Hall–Kier alpha value is -3.03. The number of rotatable bonds is 5. The van der Waals surface area contributed by atoms with Crippen LogP contribution in [-0.2, 0) is 14.3 Å². The lowest BCUT2D eigenvalue weighted by Gasteiger charge is -2.24. The zero-order valence-electron chi connectivity index (χ0n) is 14.8. The first-order valence-corrected chi connectivity index (χ1v) is 8.84. The normalized spacial score (nSPS) is 28.3. The standard InChI is InChI=1S/C19H20N2O6/c1-26-14-9-12(4-5-13(14)21-6-7-27-19(21)25)20-17(22)15-10-2-3-11(8-10)16(15)18(23)24/h2-5,9-11,15-16H,6-8H2,1H3,(H,20,22)(H,23,24)/t10-,11-,15-,16-/m0/s1. The number of carboxylic acid groups (broad SMARTS) is 1. The van der Waals surface area contributed by atoms with E-state index in [0.29, 0.717) is 36.7 Å². The van der Waals surface area contributed by atoms with Crippen LogP contribution in [0, 0.1) is 23.7 Å². The van der Waals surface area contributed by atoms with Crippen LogP contribution in [0.2, 0.25) is 0 Å². The van der Waals surface area contributed by atoms with Gasteiger partial charge in [0.1, 0.15) is 12.4 Å². The van der Waals surface area contributed by atoms with E-state index in [2.05, 4.69) is 5.32 Å². The van der Waals surface area contributed by atoms with Crippen molar-refractivity contribution in [3.05, 3.63) is 30.4 Å². The van der Waals surface area contributed by atoms with Crippen molar-refractivity contribution in [2.24, 2.45) is 23.7 Å². The van der Waals surface area contributed by atoms with Gasteiger partial charge in [-0.3, -0.25) is 14.5 Å². The summed E-state index contributed by atoms with van der Waals surface area (Å²) in [4.78, 5) is 37.6. The predicted octanol–water partition coefficient (Wildman–Crippen LogP) is 2.11. The molecule has 1 heterocycles. The largest absolute Gasteiger partial charge is 0.494 e. The van der Waals surface area contributed by atoms with Crippen LogP contribution in [-0.4, -0.2) is 43.3 Å². The van der Waals surface area contributed by atoms with Crippen molar-refractivity contribution in [3.8, 4) is 5.75 Å². The predicted molar refractivity (Wildman–Crippen MR) is 95.7 cm³/mol. The smallest absolute Gasteiger partial charge is 0.414 e. The molecule has 3 aliphatic rings. The maximum absolute atomic E-state index is 12.8. The number of fused-ring (bicyclic) bond motifs is 2. The van der Waals surface area contributed by atoms with Crippen LogP contribution in [0.3, 0.4) is 0 Å². The Morgan fingerprint density at radius 1 is 1.26 bits per heavy atom. The first-order valence-electron chi connectivity index (χ1n) is 8.84. The van der Waals surface area contributed by atoms with Crippen molar-refractivity contribution in [1.82, 2.24) is 0 Å². The van der Waals surface area contributed by atoms with E-state index < -0.39 is 23.9 Å². The highest BCUT2D eigenvalue weighted by atomic mass is 16.6. The number of benzene rings is 1. The van der Waals surface area contributed by atoms with Gasteiger partial charge in [-0.2, -0.15) is 0 Å². The summed E-state index contributed by atoms with van der Waals surface area (Å²) in [6.45, 7) is 0.744. The molecule has 2 aliphatic carbocycles. The number of aliphatic carboxylic acids is 1. The number of anilines is 2. The first kappa shape index (κ1) is 17.4. The van der Waals surface area contributed by atoms with Gasteiger partial charge in [0.15, 0.2) is 0 Å². The first-order chi connectivity index (χ1) is 13.0. The van der Waals surface area contributed by atoms with Gasteiger partial charge in [0.25, 0.3) is 0 Å². The molecule has 2 N–H and O–H groups in total. The summed E-state index contributed by atoms with van der Waals surface area (Å²) in [6, 6.07) is 4.97. The van der Waals surface area contributed by atoms with E-state index in [-0.39, 0.29) is 17.7 Å². The molecule has 2 bridgehead atoms. The molecule has 4 rings (SSSR count). The van der Waals surface area contributed by atoms with E-state index in [1.54, 1.807) is 18.2 Å². The van der Waals surface area contributed by atoms with Gasteiger partial charge < -0.3 is 19.9 Å². The number of cyclic esters (lactones) is 1. The van der Waals surface area contributed by atoms with Gasteiger partial charge in [0, 0.05) is 11.8 Å². The Morgan fingerprint density at radius 2 is 2.00 bits per heavy atom. The minimum Gasteiger partial charge on any atom is -0.494 e. The molecule has 8 heteroatoms. The van der Waals surface area contributed by atoms with Crippen molar-refractivity contribution in [2.75, 3.05) is 30.5 Å². The molecule has 1 aromatic carbocycles. The zero-order valence-corrected chi connectivity index (χ0v) is 14.8. The quantitative estimate of drug-likeness (QED) is 0.767. The highest BCUT2D eigenvalue weighted by molar-refractivity contribution is 5.97. The maximum atomic E-state index is 12.8. The van der Waals surface area contributed by atoms with Crippen LogP contribution >= 0.6 is 0 Å². The maximum Gasteiger partial charge on any atom is 0.414 e. The lowest BCUT2D eigenvalue weighted by Crippen LogP contribution is -2.36. The molecule has 4 atom stereocenters. The fraction of sp³-hybridized carbons (Fsp3) is 0.421. The second-order valence-electron chi connectivity index (χ2n) is 6.98. The lowest BCUT2D eigenvalue weighted by atomic mass is 9.82. The van der Waals surface area contributed by atoms with Gasteiger partial charge in [-0.15, -0.1) is 0 Å². The number of allylic oxidation sites excluding steroid dienone is 2. The zero-order chi connectivity index (χ0) is 19.1. The molecule has 0 radical (unpaired) electrons. The molecule has 2 fully saturated rings. The Balaban J connectivity index is 1.54. The van der Waals surface area contributed by atoms with Crippen molar-refractivity contribution in [1.29, 1.82) is 0 Å². The van der Waals surface area contributed by atoms with E-state index in [1.807, 2.05) is 12.2 Å². The van der Waals surface area contributed by atoms with Crippen LogP contribution in [0.5, 0.6) is 5.75 Å². The van der Waals surface area contributed by atoms with Crippen LogP contribution in [0.4, 0.5) is 16.2 Å². The summed E-state index contributed by atoms with van der Waals surface area (Å²) >= 11 is 0. The fourth-order valence-corrected chi connectivity index (χ4v) is 4.33. The number of hydrogen-bond acceptors (Lipinski definition) is 5. The summed E-state index contributed by atoms with van der Waals surface area (Å²) in [5.41, 5.74) is 1.05. The van der Waals surface area contributed by atoms with Gasteiger partial charge >= 0.3 is 12.1 Å². The monoisotopic (exact) mass is 372 g/mol. The van der Waals surface area contributed by atoms with Gasteiger partial charge in [0.05, 0.1) is 31.2 Å². The number of carboxylic acids is 1. The number of nitrogens with one attached hydrogen (secondary N) is 1. The van der Waals surface area contributed by atoms with Crippen LogP contribution in [0.25, 0.3) is 0 Å². The van der Waals surface area contributed by atoms with Crippen molar-refractivity contribution < 1.29 is 29.0 Å². The van der Waals surface area contributed by atoms with E-state index in [1.165, 1.54) is 12.0 Å². The molecule has 1 saturated heterocycles. The molecule has 27 heavy (non-hydrogen) atoms. The molecular formula is C19H20N2O6. The minimum atomic E-state index is -0.938. The van der Waals surface area contributed by atoms with Gasteiger partial charge in [-0.1, -0.05) is 12.2 Å². The number of methoxy groups -OCH3 is 1. The molecule has 0 aromatic heterocycles. The number of carbonyl (C=O) groups excluding carboxylic acids is 2. The third-order valence-corrected chi connectivity index (χ3v) is 5.55. The SMILES string of the molecule is COc1cc(NC(=O)[C@@H]2[C@@H](C(=O)O)[C@H]3C=C[C@H]2C3)ccc1N1CCOC1=O. The molecule has 1 aliphatic heterocycles. The highest BCUT2D eigenvalue weighted by Gasteiger charge is 2.51. The molecular weight excluding hydrogens is 352 g/mol. The molecule has 0 spiro atoms. The topological polar surface area (TPSA) is 105 Å². The number of carbonyl (C=O) groups is 3. The molecule has 8 nitrogen and oxygen atoms in total. The number of ether oxygens (including phenoxy) is 2. The molecule has 0 unspecified atom stereocenters. The third-order valence-electron chi connectivity index (χ3n) is 5.55. The number of nitrogens with zero attached hydrogens (tertiary/aromatic N) is 1. The van der Waals surface area contributed by atoms with Crippen molar-refractivity contribution >= 4 is 29.3 Å². The van der Waals surface area contributed by atoms with Gasteiger partial charge in [-0.25, -0.2) is 4.79 Å². The molecule has 2 amide bonds. The summed E-state index contributed by atoms with van der Waals surface area (Å²) < 4.78 is 10.3. The summed E-state index contributed by atoms with van der Waals surface area (Å²) in [5, 5.41) is 12.3. The molecule has 1 aromatic rings. The van der Waals surface area contributed by atoms with Crippen LogP contribution in [0.1, 0.15) is 6.42 Å². The molecule has 1 saturated carbocycles. The lowest BCUT2D eigenvalue weighted by molar-refractivity contribution is -0.146.